The van der Waals surface area contributed by atoms with Crippen LogP contribution in [0.3, 0.4) is 0 Å². The first kappa shape index (κ1) is 20.2. The van der Waals surface area contributed by atoms with E-state index in [1.165, 1.54) is 12.3 Å². The molecule has 0 aliphatic rings. The monoisotopic (exact) mass is 415 g/mol. The molecule has 2 aromatic heterocycles. The molecule has 31 heavy (non-hydrogen) atoms. The van der Waals surface area contributed by atoms with E-state index in [-0.39, 0.29) is 18.0 Å². The number of nitrogens with zero attached hydrogens (tertiary/aromatic N) is 2. The Kier molecular flexibility index (Phi) is 6.23. The summed E-state index contributed by atoms with van der Waals surface area (Å²) in [5, 5.41) is 7.00. The minimum absolute atomic E-state index is 0.175. The van der Waals surface area contributed by atoms with Crippen LogP contribution in [-0.4, -0.2) is 15.7 Å². The van der Waals surface area contributed by atoms with Crippen molar-refractivity contribution in [3.63, 3.8) is 0 Å². The van der Waals surface area contributed by atoms with Gasteiger partial charge in [0.05, 0.1) is 6.26 Å². The molecule has 0 aliphatic heterocycles. The van der Waals surface area contributed by atoms with Crippen LogP contribution >= 0.6 is 0 Å². The van der Waals surface area contributed by atoms with Gasteiger partial charge in [-0.25, -0.2) is 4.68 Å². The fourth-order valence-corrected chi connectivity index (χ4v) is 2.95. The van der Waals surface area contributed by atoms with Crippen molar-refractivity contribution < 1.29 is 13.9 Å². The lowest BCUT2D eigenvalue weighted by molar-refractivity contribution is -0.122. The van der Waals surface area contributed by atoms with E-state index >= 15 is 0 Å². The van der Waals surface area contributed by atoms with E-state index in [0.29, 0.717) is 24.6 Å². The van der Waals surface area contributed by atoms with Gasteiger partial charge in [-0.3, -0.25) is 9.59 Å². The zero-order chi connectivity index (χ0) is 21.5. The van der Waals surface area contributed by atoms with Crippen molar-refractivity contribution in [1.29, 1.82) is 0 Å². The van der Waals surface area contributed by atoms with Crippen molar-refractivity contribution in [3.05, 3.63) is 107 Å². The van der Waals surface area contributed by atoms with Gasteiger partial charge in [-0.1, -0.05) is 42.5 Å². The summed E-state index contributed by atoms with van der Waals surface area (Å²) in [6, 6.07) is 23.9. The van der Waals surface area contributed by atoms with E-state index in [1.807, 2.05) is 54.6 Å². The second-order valence-electron chi connectivity index (χ2n) is 6.89. The minimum Gasteiger partial charge on any atom is -0.489 e. The quantitative estimate of drug-likeness (QED) is 0.477. The van der Waals surface area contributed by atoms with Gasteiger partial charge in [0.1, 0.15) is 24.6 Å². The third kappa shape index (κ3) is 5.48. The Morgan fingerprint density at radius 2 is 1.74 bits per heavy atom. The molecule has 0 atom stereocenters. The van der Waals surface area contributed by atoms with E-state index < -0.39 is 0 Å². The van der Waals surface area contributed by atoms with E-state index in [1.54, 1.807) is 18.2 Å². The van der Waals surface area contributed by atoms with Crippen LogP contribution in [0.5, 0.6) is 5.75 Å². The van der Waals surface area contributed by atoms with Crippen molar-refractivity contribution in [2.75, 3.05) is 0 Å². The predicted molar refractivity (Wildman–Crippen MR) is 115 cm³/mol. The van der Waals surface area contributed by atoms with Crippen LogP contribution in [-0.2, 0) is 24.5 Å². The van der Waals surface area contributed by atoms with Crippen LogP contribution in [0.15, 0.2) is 94.3 Å². The molecule has 0 bridgehead atoms. The minimum atomic E-state index is -0.356. The lowest BCUT2D eigenvalue weighted by Crippen LogP contribution is -2.33. The smallest absolute Gasteiger partial charge is 0.267 e. The van der Waals surface area contributed by atoms with Gasteiger partial charge in [0, 0.05) is 12.6 Å². The highest BCUT2D eigenvalue weighted by molar-refractivity contribution is 5.75. The fraction of sp³-hybridized carbons (Fsp3) is 0.125. The van der Waals surface area contributed by atoms with E-state index in [0.717, 1.165) is 21.6 Å². The molecule has 0 aliphatic carbocycles. The summed E-state index contributed by atoms with van der Waals surface area (Å²) < 4.78 is 12.2. The maximum atomic E-state index is 12.3. The predicted octanol–water partition coefficient (Wildman–Crippen LogP) is 3.40. The maximum absolute atomic E-state index is 12.3. The number of carbonyl (C=O) groups excluding carboxylic acids is 1. The molecule has 4 rings (SSSR count). The average molecular weight is 415 g/mol. The number of furan rings is 1. The van der Waals surface area contributed by atoms with Gasteiger partial charge in [0.2, 0.25) is 5.91 Å². The summed E-state index contributed by atoms with van der Waals surface area (Å²) >= 11 is 0. The molecular weight excluding hydrogens is 394 g/mol. The Bertz CT molecular complexity index is 1180. The summed E-state index contributed by atoms with van der Waals surface area (Å²) in [4.78, 5) is 24.3. The van der Waals surface area contributed by atoms with Crippen molar-refractivity contribution in [2.24, 2.45) is 0 Å². The average Bonchev–Trinajstić information content (AvgIpc) is 3.34. The zero-order valence-corrected chi connectivity index (χ0v) is 16.7. The molecule has 1 N–H and O–H groups in total. The molecule has 2 heterocycles. The van der Waals surface area contributed by atoms with Crippen LogP contribution < -0.4 is 15.6 Å². The van der Waals surface area contributed by atoms with Crippen LogP contribution in [0.4, 0.5) is 0 Å². The topological polar surface area (TPSA) is 86.4 Å². The molecule has 4 aromatic rings. The molecule has 0 spiro atoms. The van der Waals surface area contributed by atoms with E-state index in [4.69, 9.17) is 9.15 Å². The van der Waals surface area contributed by atoms with Crippen molar-refractivity contribution in [3.8, 4) is 17.2 Å². The van der Waals surface area contributed by atoms with Crippen LogP contribution in [0, 0.1) is 0 Å². The number of rotatable bonds is 8. The third-order valence-electron chi connectivity index (χ3n) is 4.59. The molecule has 2 aromatic carbocycles. The summed E-state index contributed by atoms with van der Waals surface area (Å²) in [5.41, 5.74) is 2.15. The van der Waals surface area contributed by atoms with E-state index in [9.17, 15) is 9.59 Å². The molecule has 7 heteroatoms. The van der Waals surface area contributed by atoms with Gasteiger partial charge in [0.25, 0.3) is 5.56 Å². The molecular formula is C24H21N3O4. The molecule has 156 valence electrons. The van der Waals surface area contributed by atoms with Crippen LogP contribution in [0.1, 0.15) is 11.1 Å². The maximum Gasteiger partial charge on any atom is 0.267 e. The number of ether oxygens (including phenoxy) is 1. The Morgan fingerprint density at radius 1 is 0.935 bits per heavy atom. The second-order valence-corrected chi connectivity index (χ2v) is 6.89. The molecule has 0 saturated carbocycles. The molecule has 0 unspecified atom stereocenters. The number of hydrogen-bond donors (Lipinski definition) is 1. The van der Waals surface area contributed by atoms with Crippen molar-refractivity contribution >= 4 is 5.91 Å². The number of amides is 1. The molecule has 0 fully saturated rings. The van der Waals surface area contributed by atoms with Gasteiger partial charge in [-0.2, -0.15) is 5.10 Å². The van der Waals surface area contributed by atoms with Crippen molar-refractivity contribution in [2.45, 2.75) is 19.7 Å². The zero-order valence-electron chi connectivity index (χ0n) is 16.7. The number of aromatic nitrogens is 2. The van der Waals surface area contributed by atoms with E-state index in [2.05, 4.69) is 10.4 Å². The first-order valence-corrected chi connectivity index (χ1v) is 9.82. The van der Waals surface area contributed by atoms with Gasteiger partial charge in [-0.15, -0.1) is 0 Å². The fourth-order valence-electron chi connectivity index (χ4n) is 2.95. The highest BCUT2D eigenvalue weighted by Crippen LogP contribution is 2.15. The first-order valence-electron chi connectivity index (χ1n) is 9.82. The van der Waals surface area contributed by atoms with Crippen LogP contribution in [0.2, 0.25) is 0 Å². The molecule has 0 saturated heterocycles. The number of carbonyl (C=O) groups is 1. The summed E-state index contributed by atoms with van der Waals surface area (Å²) in [6.45, 7) is 0.659. The Morgan fingerprint density at radius 3 is 2.48 bits per heavy atom. The number of nitrogens with one attached hydrogen (secondary N) is 1. The van der Waals surface area contributed by atoms with Gasteiger partial charge in [-0.05, 0) is 41.5 Å². The summed E-state index contributed by atoms with van der Waals surface area (Å²) in [6.07, 6.45) is 1.52. The lowest BCUT2D eigenvalue weighted by Gasteiger charge is -2.09. The number of benzene rings is 2. The van der Waals surface area contributed by atoms with Gasteiger partial charge >= 0.3 is 0 Å². The number of hydrogen-bond acceptors (Lipinski definition) is 5. The standard InChI is InChI=1S/C24H21N3O4/c28-23(16-27-24(29)13-12-21(26-27)22-7-4-14-30-22)25-15-18-8-10-20(11-9-18)31-17-19-5-2-1-3-6-19/h1-14H,15-17H2,(H,25,28). The molecule has 1 amide bonds. The SMILES string of the molecule is O=C(Cn1nc(-c2ccco2)ccc1=O)NCc1ccc(OCc2ccccc2)cc1. The summed E-state index contributed by atoms with van der Waals surface area (Å²) in [7, 11) is 0. The third-order valence-corrected chi connectivity index (χ3v) is 4.59. The Balaban J connectivity index is 1.30. The van der Waals surface area contributed by atoms with Crippen LogP contribution in [0.25, 0.3) is 11.5 Å². The van der Waals surface area contributed by atoms with Crippen molar-refractivity contribution in [1.82, 2.24) is 15.1 Å². The van der Waals surface area contributed by atoms with Gasteiger partial charge < -0.3 is 14.5 Å². The molecule has 7 nitrogen and oxygen atoms in total. The Labute approximate surface area is 178 Å². The second kappa shape index (κ2) is 9.58. The molecule has 0 radical (unpaired) electrons. The lowest BCUT2D eigenvalue weighted by atomic mass is 10.2. The normalized spacial score (nSPS) is 10.6. The highest BCUT2D eigenvalue weighted by atomic mass is 16.5. The van der Waals surface area contributed by atoms with Gasteiger partial charge in [0.15, 0.2) is 5.76 Å². The summed E-state index contributed by atoms with van der Waals surface area (Å²) in [5.74, 6) is 0.976. The highest BCUT2D eigenvalue weighted by Gasteiger charge is 2.09. The first-order chi connectivity index (χ1) is 15.2. The Hall–Kier alpha value is -4.13. The largest absolute Gasteiger partial charge is 0.489 e.